The molecule has 0 aliphatic carbocycles. The first-order valence-electron chi connectivity index (χ1n) is 14.8. The van der Waals surface area contributed by atoms with E-state index in [2.05, 4.69) is 10.3 Å². The number of nitrogens with one attached hydrogen (secondary N) is 1. The maximum absolute atomic E-state index is 14.8. The summed E-state index contributed by atoms with van der Waals surface area (Å²) in [7, 11) is -0.982. The van der Waals surface area contributed by atoms with Crippen LogP contribution in [0, 0.1) is 0 Å². The zero-order chi connectivity index (χ0) is 32.8. The molecule has 0 bridgehead atoms. The maximum Gasteiger partial charge on any atom is 0.244 e. The van der Waals surface area contributed by atoms with Crippen molar-refractivity contribution < 1.29 is 22.7 Å². The predicted octanol–water partition coefficient (Wildman–Crippen LogP) is 7.60. The van der Waals surface area contributed by atoms with Gasteiger partial charge in [0.05, 0.1) is 31.2 Å². The van der Waals surface area contributed by atoms with E-state index in [1.165, 1.54) is 10.4 Å². The van der Waals surface area contributed by atoms with Gasteiger partial charge < -0.3 is 14.8 Å². The van der Waals surface area contributed by atoms with Gasteiger partial charge >= 0.3 is 0 Å². The van der Waals surface area contributed by atoms with Crippen LogP contribution in [0.4, 0.5) is 5.69 Å². The van der Waals surface area contributed by atoms with E-state index in [0.717, 1.165) is 16.8 Å². The number of anilines is 1. The number of amides is 1. The molecule has 238 valence electrons. The molecule has 46 heavy (non-hydrogen) atoms. The van der Waals surface area contributed by atoms with Crippen molar-refractivity contribution in [3.63, 3.8) is 0 Å². The summed E-state index contributed by atoms with van der Waals surface area (Å²) in [5.41, 5.74) is 3.33. The predicted molar refractivity (Wildman–Crippen MR) is 182 cm³/mol. The number of carbonyl (C=O) groups excluding carboxylic acids is 1. The highest BCUT2D eigenvalue weighted by Gasteiger charge is 2.29. The van der Waals surface area contributed by atoms with E-state index in [1.807, 2.05) is 44.2 Å². The first-order valence-corrected chi connectivity index (χ1v) is 16.6. The summed E-state index contributed by atoms with van der Waals surface area (Å²) < 4.78 is 41.6. The molecule has 0 radical (unpaired) electrons. The van der Waals surface area contributed by atoms with E-state index in [9.17, 15) is 13.2 Å². The van der Waals surface area contributed by atoms with Gasteiger partial charge in [0, 0.05) is 40.8 Å². The van der Waals surface area contributed by atoms with Crippen LogP contribution in [-0.4, -0.2) is 37.8 Å². The van der Waals surface area contributed by atoms with Crippen molar-refractivity contribution in [2.24, 2.45) is 0 Å². The van der Waals surface area contributed by atoms with Gasteiger partial charge in [-0.3, -0.25) is 9.78 Å². The number of halogens is 1. The standard InChI is InChI=1S/C36H36ClN3O5S/c1-24(2)36-32-20-28(39-35(41)19-27-7-5-6-8-33(27)37)21-34(31(32)17-18-38-36)46(42,43)40(22-25-9-13-29(44-3)14-10-25)23-26-11-15-30(45-4)16-12-26/h5-18,20-21,24H,19,22-23H2,1-4H3,(H,39,41). The molecule has 5 aromatic rings. The Balaban J connectivity index is 1.60. The number of ether oxygens (including phenoxy) is 2. The van der Waals surface area contributed by atoms with E-state index in [4.69, 9.17) is 21.1 Å². The van der Waals surface area contributed by atoms with Crippen LogP contribution in [0.1, 0.15) is 42.1 Å². The maximum atomic E-state index is 14.8. The average molecular weight is 658 g/mol. The number of pyridine rings is 1. The molecule has 1 N–H and O–H groups in total. The molecule has 0 saturated heterocycles. The van der Waals surface area contributed by atoms with Gasteiger partial charge in [0.15, 0.2) is 0 Å². The lowest BCUT2D eigenvalue weighted by Crippen LogP contribution is -2.30. The van der Waals surface area contributed by atoms with Crippen LogP contribution in [0.25, 0.3) is 10.8 Å². The first kappa shape index (κ1) is 32.9. The van der Waals surface area contributed by atoms with Crippen LogP contribution in [0.5, 0.6) is 11.5 Å². The van der Waals surface area contributed by atoms with Gasteiger partial charge in [-0.1, -0.05) is 67.9 Å². The van der Waals surface area contributed by atoms with Crippen LogP contribution in [0.15, 0.2) is 102 Å². The Morgan fingerprint density at radius 2 is 1.43 bits per heavy atom. The Labute approximate surface area is 275 Å². The number of fused-ring (bicyclic) bond motifs is 1. The molecule has 1 aromatic heterocycles. The summed E-state index contributed by atoms with van der Waals surface area (Å²) in [6.45, 7) is 4.20. The fourth-order valence-electron chi connectivity index (χ4n) is 5.27. The fraction of sp³-hybridized carbons (Fsp3) is 0.222. The average Bonchev–Trinajstić information content (AvgIpc) is 3.05. The molecule has 0 atom stereocenters. The van der Waals surface area contributed by atoms with Crippen molar-refractivity contribution in [2.75, 3.05) is 19.5 Å². The first-order chi connectivity index (χ1) is 22.1. The second-order valence-corrected chi connectivity index (χ2v) is 13.5. The number of hydrogen-bond donors (Lipinski definition) is 1. The molecule has 10 heteroatoms. The summed E-state index contributed by atoms with van der Waals surface area (Å²) >= 11 is 6.30. The Kier molecular flexibility index (Phi) is 10.3. The molecule has 8 nitrogen and oxygen atoms in total. The number of sulfonamides is 1. The van der Waals surface area contributed by atoms with Crippen LogP contribution in [0.2, 0.25) is 5.02 Å². The second kappa shape index (κ2) is 14.3. The number of hydrogen-bond acceptors (Lipinski definition) is 6. The Hall–Kier alpha value is -4.44. The minimum Gasteiger partial charge on any atom is -0.497 e. The number of methoxy groups -OCH3 is 2. The van der Waals surface area contributed by atoms with Crippen LogP contribution in [-0.2, 0) is 34.3 Å². The van der Waals surface area contributed by atoms with Gasteiger partial charge in [-0.25, -0.2) is 8.42 Å². The summed E-state index contributed by atoms with van der Waals surface area (Å²) in [6.07, 6.45) is 1.66. The highest BCUT2D eigenvalue weighted by atomic mass is 35.5. The van der Waals surface area contributed by atoms with Crippen molar-refractivity contribution >= 4 is 44.0 Å². The molecule has 1 amide bonds. The van der Waals surface area contributed by atoms with E-state index in [0.29, 0.717) is 38.5 Å². The molecule has 5 rings (SSSR count). The highest BCUT2D eigenvalue weighted by molar-refractivity contribution is 7.89. The normalized spacial score (nSPS) is 11.6. The van der Waals surface area contributed by atoms with E-state index in [-0.39, 0.29) is 36.2 Å². The quantitative estimate of drug-likeness (QED) is 0.148. The third-order valence-electron chi connectivity index (χ3n) is 7.67. The topological polar surface area (TPSA) is 97.8 Å². The summed E-state index contributed by atoms with van der Waals surface area (Å²) in [4.78, 5) is 17.9. The Morgan fingerprint density at radius 3 is 1.98 bits per heavy atom. The number of nitrogens with zero attached hydrogens (tertiary/aromatic N) is 2. The van der Waals surface area contributed by atoms with Crippen molar-refractivity contribution in [2.45, 2.75) is 44.2 Å². The Morgan fingerprint density at radius 1 is 0.848 bits per heavy atom. The lowest BCUT2D eigenvalue weighted by molar-refractivity contribution is -0.115. The molecule has 1 heterocycles. The SMILES string of the molecule is COc1ccc(CN(Cc2ccc(OC)cc2)S(=O)(=O)c2cc(NC(=O)Cc3ccccc3Cl)cc3c(C(C)C)nccc23)cc1. The molecule has 0 unspecified atom stereocenters. The number of aromatic nitrogens is 1. The van der Waals surface area contributed by atoms with Gasteiger partial charge in [0.1, 0.15) is 11.5 Å². The van der Waals surface area contributed by atoms with E-state index >= 15 is 0 Å². The second-order valence-electron chi connectivity index (χ2n) is 11.2. The van der Waals surface area contributed by atoms with E-state index < -0.39 is 10.0 Å². The van der Waals surface area contributed by atoms with Gasteiger partial charge in [0.2, 0.25) is 15.9 Å². The fourth-order valence-corrected chi connectivity index (χ4v) is 7.12. The zero-order valence-corrected chi connectivity index (χ0v) is 27.7. The Bertz CT molecular complexity index is 1900. The third kappa shape index (κ3) is 7.50. The van der Waals surface area contributed by atoms with Crippen molar-refractivity contribution in [3.05, 3.63) is 125 Å². The number of carbonyl (C=O) groups is 1. The number of benzene rings is 4. The molecule has 0 saturated carbocycles. The molecule has 0 fully saturated rings. The van der Waals surface area contributed by atoms with Crippen molar-refractivity contribution in [1.82, 2.24) is 9.29 Å². The van der Waals surface area contributed by atoms with E-state index in [1.54, 1.807) is 75.0 Å². The minimum atomic E-state index is -4.15. The lowest BCUT2D eigenvalue weighted by Gasteiger charge is -2.24. The van der Waals surface area contributed by atoms with Crippen molar-refractivity contribution in [1.29, 1.82) is 0 Å². The largest absolute Gasteiger partial charge is 0.497 e. The van der Waals surface area contributed by atoms with Gasteiger partial charge in [-0.2, -0.15) is 4.31 Å². The lowest BCUT2D eigenvalue weighted by atomic mass is 10.0. The van der Waals surface area contributed by atoms with Crippen LogP contribution >= 0.6 is 11.6 Å². The molecular weight excluding hydrogens is 622 g/mol. The zero-order valence-electron chi connectivity index (χ0n) is 26.2. The summed E-state index contributed by atoms with van der Waals surface area (Å²) in [5, 5.41) is 4.58. The van der Waals surface area contributed by atoms with Crippen LogP contribution < -0.4 is 14.8 Å². The number of rotatable bonds is 12. The smallest absolute Gasteiger partial charge is 0.244 e. The van der Waals surface area contributed by atoms with Gasteiger partial charge in [-0.15, -0.1) is 0 Å². The van der Waals surface area contributed by atoms with Gasteiger partial charge in [-0.05, 0) is 71.1 Å². The molecule has 4 aromatic carbocycles. The monoisotopic (exact) mass is 657 g/mol. The van der Waals surface area contributed by atoms with Crippen molar-refractivity contribution in [3.8, 4) is 11.5 Å². The highest BCUT2D eigenvalue weighted by Crippen LogP contribution is 2.35. The molecular formula is C36H36ClN3O5S. The third-order valence-corrected chi connectivity index (χ3v) is 9.87. The van der Waals surface area contributed by atoms with Gasteiger partial charge in [0.25, 0.3) is 0 Å². The molecule has 0 aliphatic rings. The van der Waals surface area contributed by atoms with Crippen LogP contribution in [0.3, 0.4) is 0 Å². The molecule has 0 aliphatic heterocycles. The molecule has 0 spiro atoms. The summed E-state index contributed by atoms with van der Waals surface area (Å²) in [6, 6.07) is 26.8. The summed E-state index contributed by atoms with van der Waals surface area (Å²) in [5.74, 6) is 1.03. The minimum absolute atomic E-state index is 0.00281.